The standard InChI is InChI=1S/C12H19N3O3/c1-8(2)15(6-4-5-11(16)17)12(18)10-7-13-14-9(10)3/h7-8H,4-6H2,1-3H3,(H,13,14)(H,16,17). The summed E-state index contributed by atoms with van der Waals surface area (Å²) in [5.41, 5.74) is 1.27. The molecular weight excluding hydrogens is 234 g/mol. The van der Waals surface area contributed by atoms with Crippen LogP contribution in [0.3, 0.4) is 0 Å². The third-order valence-electron chi connectivity index (χ3n) is 2.73. The van der Waals surface area contributed by atoms with Gasteiger partial charge in [-0.15, -0.1) is 0 Å². The Balaban J connectivity index is 2.70. The largest absolute Gasteiger partial charge is 0.481 e. The summed E-state index contributed by atoms with van der Waals surface area (Å²) in [6.07, 6.45) is 2.03. The van der Waals surface area contributed by atoms with Gasteiger partial charge >= 0.3 is 5.97 Å². The molecule has 0 fully saturated rings. The van der Waals surface area contributed by atoms with E-state index in [2.05, 4.69) is 10.2 Å². The second-order valence-electron chi connectivity index (χ2n) is 4.50. The summed E-state index contributed by atoms with van der Waals surface area (Å²) in [5, 5.41) is 15.2. The molecule has 0 aromatic carbocycles. The minimum Gasteiger partial charge on any atom is -0.481 e. The van der Waals surface area contributed by atoms with Gasteiger partial charge in [0.15, 0.2) is 0 Å². The Morgan fingerprint density at radius 2 is 2.17 bits per heavy atom. The number of aromatic nitrogens is 2. The van der Waals surface area contributed by atoms with Crippen LogP contribution in [0, 0.1) is 6.92 Å². The Morgan fingerprint density at radius 1 is 1.50 bits per heavy atom. The zero-order valence-corrected chi connectivity index (χ0v) is 10.9. The van der Waals surface area contributed by atoms with Crippen molar-refractivity contribution in [1.29, 1.82) is 0 Å². The third-order valence-corrected chi connectivity index (χ3v) is 2.73. The number of carbonyl (C=O) groups is 2. The highest BCUT2D eigenvalue weighted by molar-refractivity contribution is 5.95. The molecule has 0 spiro atoms. The van der Waals surface area contributed by atoms with Crippen molar-refractivity contribution in [2.75, 3.05) is 6.54 Å². The lowest BCUT2D eigenvalue weighted by atomic mass is 10.2. The van der Waals surface area contributed by atoms with Crippen LogP contribution in [0.5, 0.6) is 0 Å². The predicted octanol–water partition coefficient (Wildman–Crippen LogP) is 1.43. The summed E-state index contributed by atoms with van der Waals surface area (Å²) in [5.74, 6) is -0.952. The smallest absolute Gasteiger partial charge is 0.303 e. The van der Waals surface area contributed by atoms with Gasteiger partial charge in [-0.25, -0.2) is 0 Å². The van der Waals surface area contributed by atoms with E-state index in [1.54, 1.807) is 11.8 Å². The van der Waals surface area contributed by atoms with E-state index in [0.29, 0.717) is 18.5 Å². The number of carboxylic acid groups (broad SMARTS) is 1. The Morgan fingerprint density at radius 3 is 2.61 bits per heavy atom. The van der Waals surface area contributed by atoms with Gasteiger partial charge in [-0.05, 0) is 27.2 Å². The maximum atomic E-state index is 12.3. The molecule has 0 aliphatic heterocycles. The maximum Gasteiger partial charge on any atom is 0.303 e. The zero-order valence-electron chi connectivity index (χ0n) is 10.9. The molecule has 0 aliphatic carbocycles. The Labute approximate surface area is 106 Å². The van der Waals surface area contributed by atoms with Crippen molar-refractivity contribution in [3.05, 3.63) is 17.5 Å². The van der Waals surface area contributed by atoms with Crippen LogP contribution < -0.4 is 0 Å². The van der Waals surface area contributed by atoms with Gasteiger partial charge in [0.2, 0.25) is 0 Å². The van der Waals surface area contributed by atoms with E-state index in [-0.39, 0.29) is 18.4 Å². The summed E-state index contributed by atoms with van der Waals surface area (Å²) < 4.78 is 0. The van der Waals surface area contributed by atoms with Gasteiger partial charge in [-0.3, -0.25) is 14.7 Å². The fourth-order valence-electron chi connectivity index (χ4n) is 1.72. The molecule has 18 heavy (non-hydrogen) atoms. The summed E-state index contributed by atoms with van der Waals surface area (Å²) in [4.78, 5) is 24.4. The Hall–Kier alpha value is -1.85. The maximum absolute atomic E-state index is 12.3. The van der Waals surface area contributed by atoms with Crippen molar-refractivity contribution in [3.8, 4) is 0 Å². The monoisotopic (exact) mass is 253 g/mol. The molecule has 1 aromatic heterocycles. The van der Waals surface area contributed by atoms with Crippen LogP contribution >= 0.6 is 0 Å². The van der Waals surface area contributed by atoms with Crippen LogP contribution in [0.25, 0.3) is 0 Å². The van der Waals surface area contributed by atoms with E-state index in [0.717, 1.165) is 5.69 Å². The quantitative estimate of drug-likeness (QED) is 0.803. The Bertz CT molecular complexity index is 426. The number of hydrogen-bond acceptors (Lipinski definition) is 3. The molecule has 2 N–H and O–H groups in total. The Kier molecular flexibility index (Phi) is 4.88. The van der Waals surface area contributed by atoms with Crippen molar-refractivity contribution in [3.63, 3.8) is 0 Å². The third kappa shape index (κ3) is 3.58. The molecule has 6 nitrogen and oxygen atoms in total. The second-order valence-corrected chi connectivity index (χ2v) is 4.50. The van der Waals surface area contributed by atoms with Crippen LogP contribution in [0.1, 0.15) is 42.7 Å². The molecule has 0 saturated heterocycles. The SMILES string of the molecule is Cc1[nH]ncc1C(=O)N(CCCC(=O)O)C(C)C. The number of aromatic amines is 1. The lowest BCUT2D eigenvalue weighted by Gasteiger charge is -2.26. The molecule has 1 heterocycles. The molecule has 1 amide bonds. The molecule has 0 aliphatic rings. The van der Waals surface area contributed by atoms with Gasteiger partial charge < -0.3 is 10.0 Å². The summed E-state index contributed by atoms with van der Waals surface area (Å²) >= 11 is 0. The van der Waals surface area contributed by atoms with Gasteiger partial charge in [0.25, 0.3) is 5.91 Å². The number of carbonyl (C=O) groups excluding carboxylic acids is 1. The van der Waals surface area contributed by atoms with E-state index in [4.69, 9.17) is 5.11 Å². The van der Waals surface area contributed by atoms with Gasteiger partial charge in [-0.2, -0.15) is 5.10 Å². The van der Waals surface area contributed by atoms with Crippen molar-refractivity contribution in [1.82, 2.24) is 15.1 Å². The number of amides is 1. The van der Waals surface area contributed by atoms with Crippen LogP contribution in [-0.2, 0) is 4.79 Å². The zero-order chi connectivity index (χ0) is 13.7. The highest BCUT2D eigenvalue weighted by atomic mass is 16.4. The number of hydrogen-bond donors (Lipinski definition) is 2. The molecule has 0 unspecified atom stereocenters. The minimum absolute atomic E-state index is 0.0283. The lowest BCUT2D eigenvalue weighted by Crippen LogP contribution is -2.38. The summed E-state index contributed by atoms with van der Waals surface area (Å²) in [6.45, 7) is 6.05. The molecule has 0 saturated carbocycles. The van der Waals surface area contributed by atoms with Crippen molar-refractivity contribution in [2.24, 2.45) is 0 Å². The second kappa shape index (κ2) is 6.18. The van der Waals surface area contributed by atoms with Crippen molar-refractivity contribution in [2.45, 2.75) is 39.7 Å². The molecule has 1 aromatic rings. The van der Waals surface area contributed by atoms with Gasteiger partial charge in [-0.1, -0.05) is 0 Å². The topological polar surface area (TPSA) is 86.3 Å². The van der Waals surface area contributed by atoms with E-state index >= 15 is 0 Å². The van der Waals surface area contributed by atoms with E-state index in [9.17, 15) is 9.59 Å². The van der Waals surface area contributed by atoms with E-state index in [1.807, 2.05) is 13.8 Å². The summed E-state index contributed by atoms with van der Waals surface area (Å²) in [6, 6.07) is 0.0283. The van der Waals surface area contributed by atoms with Crippen molar-refractivity contribution < 1.29 is 14.7 Å². The molecule has 1 rings (SSSR count). The lowest BCUT2D eigenvalue weighted by molar-refractivity contribution is -0.137. The molecule has 0 bridgehead atoms. The van der Waals surface area contributed by atoms with Gasteiger partial charge in [0.1, 0.15) is 0 Å². The molecular formula is C12H19N3O3. The molecule has 6 heteroatoms. The number of aryl methyl sites for hydroxylation is 1. The first-order chi connectivity index (χ1) is 8.43. The van der Waals surface area contributed by atoms with Crippen LogP contribution in [0.15, 0.2) is 6.20 Å². The van der Waals surface area contributed by atoms with Gasteiger partial charge in [0.05, 0.1) is 11.8 Å². The van der Waals surface area contributed by atoms with E-state index < -0.39 is 5.97 Å². The highest BCUT2D eigenvalue weighted by Gasteiger charge is 2.21. The average Bonchev–Trinajstić information content (AvgIpc) is 2.69. The molecule has 0 atom stereocenters. The number of nitrogens with one attached hydrogen (secondary N) is 1. The number of H-pyrrole nitrogens is 1. The molecule has 0 radical (unpaired) electrons. The van der Waals surface area contributed by atoms with Crippen molar-refractivity contribution >= 4 is 11.9 Å². The average molecular weight is 253 g/mol. The summed E-state index contributed by atoms with van der Waals surface area (Å²) in [7, 11) is 0. The minimum atomic E-state index is -0.842. The predicted molar refractivity (Wildman–Crippen MR) is 66.4 cm³/mol. The molecule has 100 valence electrons. The van der Waals surface area contributed by atoms with Gasteiger partial charge in [0, 0.05) is 24.7 Å². The first kappa shape index (κ1) is 14.2. The number of nitrogens with zero attached hydrogens (tertiary/aromatic N) is 2. The van der Waals surface area contributed by atoms with Crippen LogP contribution in [0.2, 0.25) is 0 Å². The first-order valence-electron chi connectivity index (χ1n) is 5.96. The number of aliphatic carboxylic acids is 1. The first-order valence-corrected chi connectivity index (χ1v) is 5.96. The van der Waals surface area contributed by atoms with E-state index in [1.165, 1.54) is 6.20 Å². The van der Waals surface area contributed by atoms with Crippen LogP contribution in [0.4, 0.5) is 0 Å². The highest BCUT2D eigenvalue weighted by Crippen LogP contribution is 2.11. The number of rotatable bonds is 6. The fourth-order valence-corrected chi connectivity index (χ4v) is 1.72. The normalized spacial score (nSPS) is 10.7. The van der Waals surface area contributed by atoms with Crippen LogP contribution in [-0.4, -0.2) is 44.7 Å². The number of carboxylic acids is 1. The fraction of sp³-hybridized carbons (Fsp3) is 0.583.